The second-order valence-corrected chi connectivity index (χ2v) is 7.45. The van der Waals surface area contributed by atoms with Gasteiger partial charge in [0.2, 0.25) is 0 Å². The van der Waals surface area contributed by atoms with E-state index >= 15 is 0 Å². The monoisotopic (exact) mass is 339 g/mol. The van der Waals surface area contributed by atoms with Gasteiger partial charge in [0.1, 0.15) is 12.4 Å². The van der Waals surface area contributed by atoms with Crippen molar-refractivity contribution in [3.8, 4) is 5.75 Å². The number of sulfone groups is 1. The van der Waals surface area contributed by atoms with Crippen molar-refractivity contribution in [1.82, 2.24) is 0 Å². The standard InChI is InChI=1S/C16H18ClNO3S/c1-2-9-22(19,20)14-6-4-13(5-7-14)21-11-12-3-8-15(17)16(18)10-12/h3-8,10H,2,9,11,18H2,1H3. The lowest BCUT2D eigenvalue weighted by Crippen LogP contribution is -2.05. The molecule has 2 aromatic rings. The van der Waals surface area contributed by atoms with E-state index in [2.05, 4.69) is 0 Å². The Labute approximate surface area is 135 Å². The molecule has 118 valence electrons. The Hall–Kier alpha value is -1.72. The maximum Gasteiger partial charge on any atom is 0.178 e. The van der Waals surface area contributed by atoms with E-state index in [1.54, 1.807) is 36.4 Å². The van der Waals surface area contributed by atoms with Crippen molar-refractivity contribution in [1.29, 1.82) is 0 Å². The number of anilines is 1. The molecule has 0 fully saturated rings. The lowest BCUT2D eigenvalue weighted by Gasteiger charge is -2.09. The molecule has 0 aromatic heterocycles. The SMILES string of the molecule is CCCS(=O)(=O)c1ccc(OCc2ccc(Cl)c(N)c2)cc1. The molecule has 0 atom stereocenters. The second kappa shape index (κ2) is 7.03. The van der Waals surface area contributed by atoms with Gasteiger partial charge >= 0.3 is 0 Å². The molecule has 6 heteroatoms. The first-order valence-corrected chi connectivity index (χ1v) is 8.95. The van der Waals surface area contributed by atoms with E-state index in [0.717, 1.165) is 5.56 Å². The number of nitrogen functional groups attached to an aromatic ring is 1. The molecule has 0 aliphatic rings. The van der Waals surface area contributed by atoms with Crippen molar-refractivity contribution in [2.24, 2.45) is 0 Å². The fourth-order valence-corrected chi connectivity index (χ4v) is 3.42. The van der Waals surface area contributed by atoms with Gasteiger partial charge in [0.15, 0.2) is 9.84 Å². The highest BCUT2D eigenvalue weighted by molar-refractivity contribution is 7.91. The molecule has 0 bridgehead atoms. The minimum atomic E-state index is -3.19. The van der Waals surface area contributed by atoms with Crippen LogP contribution < -0.4 is 10.5 Å². The van der Waals surface area contributed by atoms with E-state index < -0.39 is 9.84 Å². The Morgan fingerprint density at radius 3 is 2.41 bits per heavy atom. The molecule has 4 nitrogen and oxygen atoms in total. The van der Waals surface area contributed by atoms with Gasteiger partial charge in [-0.2, -0.15) is 0 Å². The number of halogens is 1. The first-order valence-electron chi connectivity index (χ1n) is 6.92. The topological polar surface area (TPSA) is 69.4 Å². The zero-order valence-electron chi connectivity index (χ0n) is 12.3. The van der Waals surface area contributed by atoms with E-state index in [0.29, 0.717) is 34.4 Å². The average molecular weight is 340 g/mol. The highest BCUT2D eigenvalue weighted by Gasteiger charge is 2.12. The Morgan fingerprint density at radius 1 is 1.14 bits per heavy atom. The van der Waals surface area contributed by atoms with Crippen molar-refractivity contribution in [3.63, 3.8) is 0 Å². The third-order valence-corrected chi connectivity index (χ3v) is 5.40. The second-order valence-electron chi connectivity index (χ2n) is 4.93. The number of ether oxygens (including phenoxy) is 1. The van der Waals surface area contributed by atoms with Crippen LogP contribution >= 0.6 is 11.6 Å². The number of nitrogens with two attached hydrogens (primary N) is 1. The molecule has 0 saturated carbocycles. The quantitative estimate of drug-likeness (QED) is 0.815. The lowest BCUT2D eigenvalue weighted by atomic mass is 10.2. The van der Waals surface area contributed by atoms with Crippen LogP contribution in [0.1, 0.15) is 18.9 Å². The highest BCUT2D eigenvalue weighted by Crippen LogP contribution is 2.22. The van der Waals surface area contributed by atoms with E-state index in [1.807, 2.05) is 13.0 Å². The summed E-state index contributed by atoms with van der Waals surface area (Å²) in [6.45, 7) is 2.18. The Bertz CT molecular complexity index is 742. The van der Waals surface area contributed by atoms with Crippen molar-refractivity contribution in [3.05, 3.63) is 53.1 Å². The Kier molecular flexibility index (Phi) is 5.32. The predicted molar refractivity (Wildman–Crippen MR) is 89.0 cm³/mol. The number of hydrogen-bond donors (Lipinski definition) is 1. The van der Waals surface area contributed by atoms with Crippen LogP contribution in [0.5, 0.6) is 5.75 Å². The van der Waals surface area contributed by atoms with Crippen LogP contribution in [-0.2, 0) is 16.4 Å². The number of hydrogen-bond acceptors (Lipinski definition) is 4. The van der Waals surface area contributed by atoms with Gasteiger partial charge in [0, 0.05) is 0 Å². The summed E-state index contributed by atoms with van der Waals surface area (Å²) in [5.74, 6) is 0.751. The summed E-state index contributed by atoms with van der Waals surface area (Å²) in [5.41, 5.74) is 7.13. The number of benzene rings is 2. The normalized spacial score (nSPS) is 11.4. The van der Waals surface area contributed by atoms with Crippen LogP contribution in [0.3, 0.4) is 0 Å². The molecule has 0 heterocycles. The fourth-order valence-electron chi connectivity index (χ4n) is 1.98. The van der Waals surface area contributed by atoms with Crippen LogP contribution in [0, 0.1) is 0 Å². The summed E-state index contributed by atoms with van der Waals surface area (Å²) in [6, 6.07) is 11.7. The van der Waals surface area contributed by atoms with Gasteiger partial charge in [-0.25, -0.2) is 8.42 Å². The number of rotatable bonds is 6. The molecule has 2 aromatic carbocycles. The maximum atomic E-state index is 11.9. The summed E-state index contributed by atoms with van der Waals surface area (Å²) in [6.07, 6.45) is 0.596. The summed E-state index contributed by atoms with van der Waals surface area (Å²) < 4.78 is 29.5. The molecule has 0 aliphatic carbocycles. The Balaban J connectivity index is 2.04. The third kappa shape index (κ3) is 4.15. The lowest BCUT2D eigenvalue weighted by molar-refractivity contribution is 0.306. The van der Waals surface area contributed by atoms with E-state index in [4.69, 9.17) is 22.1 Å². The first kappa shape index (κ1) is 16.6. The van der Waals surface area contributed by atoms with Crippen LogP contribution in [0.4, 0.5) is 5.69 Å². The van der Waals surface area contributed by atoms with Gasteiger partial charge in [-0.05, 0) is 48.4 Å². The fraction of sp³-hybridized carbons (Fsp3) is 0.250. The van der Waals surface area contributed by atoms with Crippen molar-refractivity contribution < 1.29 is 13.2 Å². The minimum Gasteiger partial charge on any atom is -0.489 e. The van der Waals surface area contributed by atoms with Gasteiger partial charge in [0.05, 0.1) is 21.4 Å². The molecule has 0 amide bonds. The molecule has 2 N–H and O–H groups in total. The third-order valence-electron chi connectivity index (χ3n) is 3.12. The van der Waals surface area contributed by atoms with Crippen LogP contribution in [0.2, 0.25) is 5.02 Å². The van der Waals surface area contributed by atoms with Crippen LogP contribution in [0.15, 0.2) is 47.4 Å². The van der Waals surface area contributed by atoms with Gasteiger partial charge < -0.3 is 10.5 Å². The van der Waals surface area contributed by atoms with Gasteiger partial charge in [-0.3, -0.25) is 0 Å². The molecule has 2 rings (SSSR count). The van der Waals surface area contributed by atoms with E-state index in [-0.39, 0.29) is 5.75 Å². The summed E-state index contributed by atoms with van der Waals surface area (Å²) in [5, 5.41) is 0.509. The van der Waals surface area contributed by atoms with Gasteiger partial charge in [-0.1, -0.05) is 24.6 Å². The minimum absolute atomic E-state index is 0.150. The molecular formula is C16H18ClNO3S. The summed E-state index contributed by atoms with van der Waals surface area (Å²) >= 11 is 5.86. The summed E-state index contributed by atoms with van der Waals surface area (Å²) in [7, 11) is -3.19. The molecule has 0 unspecified atom stereocenters. The highest BCUT2D eigenvalue weighted by atomic mass is 35.5. The smallest absolute Gasteiger partial charge is 0.178 e. The largest absolute Gasteiger partial charge is 0.489 e. The average Bonchev–Trinajstić information content (AvgIpc) is 2.49. The van der Waals surface area contributed by atoms with Gasteiger partial charge in [0.25, 0.3) is 0 Å². The van der Waals surface area contributed by atoms with E-state index in [1.165, 1.54) is 0 Å². The molecule has 0 saturated heterocycles. The zero-order valence-corrected chi connectivity index (χ0v) is 13.8. The Morgan fingerprint density at radius 2 is 1.82 bits per heavy atom. The molecule has 0 aliphatic heterocycles. The molecule has 0 radical (unpaired) electrons. The maximum absolute atomic E-state index is 11.9. The molecule has 0 spiro atoms. The molecular weight excluding hydrogens is 322 g/mol. The van der Waals surface area contributed by atoms with Crippen molar-refractivity contribution in [2.45, 2.75) is 24.8 Å². The first-order chi connectivity index (χ1) is 10.4. The van der Waals surface area contributed by atoms with Crippen molar-refractivity contribution >= 4 is 27.1 Å². The molecule has 22 heavy (non-hydrogen) atoms. The predicted octanol–water partition coefficient (Wildman–Crippen LogP) is 3.68. The zero-order chi connectivity index (χ0) is 16.2. The van der Waals surface area contributed by atoms with Crippen molar-refractivity contribution in [2.75, 3.05) is 11.5 Å². The summed E-state index contributed by atoms with van der Waals surface area (Å²) in [4.78, 5) is 0.317. The van der Waals surface area contributed by atoms with Gasteiger partial charge in [-0.15, -0.1) is 0 Å². The van der Waals surface area contributed by atoms with Crippen LogP contribution in [-0.4, -0.2) is 14.2 Å². The van der Waals surface area contributed by atoms with E-state index in [9.17, 15) is 8.42 Å². The van der Waals surface area contributed by atoms with Crippen LogP contribution in [0.25, 0.3) is 0 Å².